The summed E-state index contributed by atoms with van der Waals surface area (Å²) < 4.78 is 34.2. The third kappa shape index (κ3) is 5.43. The van der Waals surface area contributed by atoms with Crippen LogP contribution in [0.25, 0.3) is 16.5 Å². The molecule has 8 heteroatoms. The molecule has 1 aromatic carbocycles. The van der Waals surface area contributed by atoms with Gasteiger partial charge in [0, 0.05) is 50.6 Å². The van der Waals surface area contributed by atoms with Crippen molar-refractivity contribution in [3.05, 3.63) is 53.6 Å². The maximum atomic E-state index is 13.8. The molecule has 1 fully saturated rings. The Hall–Kier alpha value is -2.87. The summed E-state index contributed by atoms with van der Waals surface area (Å²) >= 11 is 0. The van der Waals surface area contributed by atoms with Crippen LogP contribution in [0.2, 0.25) is 0 Å². The Morgan fingerprint density at radius 2 is 1.97 bits per heavy atom. The SMILES string of the molecule is Cn1cc2c(C(=O)CC3CCC(CCN4CC=C(c5nocc5C(C)(F)F)CC4)CC3)cccc2n1. The molecule has 0 radical (unpaired) electrons. The topological polar surface area (TPSA) is 64.2 Å². The van der Waals surface area contributed by atoms with E-state index in [2.05, 4.69) is 15.2 Å². The number of carbonyl (C=O) groups is 1. The number of hydrogen-bond donors (Lipinski definition) is 0. The average molecular weight is 497 g/mol. The van der Waals surface area contributed by atoms with E-state index in [9.17, 15) is 13.6 Å². The van der Waals surface area contributed by atoms with Crippen LogP contribution in [-0.2, 0) is 13.0 Å². The van der Waals surface area contributed by atoms with Crippen molar-refractivity contribution < 1.29 is 18.1 Å². The monoisotopic (exact) mass is 496 g/mol. The zero-order chi connectivity index (χ0) is 25.3. The molecule has 2 aliphatic rings. The number of fused-ring (bicyclic) bond motifs is 1. The summed E-state index contributed by atoms with van der Waals surface area (Å²) in [6.45, 7) is 3.49. The van der Waals surface area contributed by atoms with Gasteiger partial charge in [0.15, 0.2) is 5.78 Å². The van der Waals surface area contributed by atoms with Gasteiger partial charge < -0.3 is 4.52 Å². The summed E-state index contributed by atoms with van der Waals surface area (Å²) in [7, 11) is 1.88. The Kier molecular flexibility index (Phi) is 7.06. The fraction of sp³-hybridized carbons (Fsp3) is 0.536. The van der Waals surface area contributed by atoms with E-state index in [1.807, 2.05) is 37.5 Å². The maximum Gasteiger partial charge on any atom is 0.275 e. The van der Waals surface area contributed by atoms with Gasteiger partial charge >= 0.3 is 0 Å². The van der Waals surface area contributed by atoms with Crippen LogP contribution in [0.4, 0.5) is 8.78 Å². The molecule has 0 N–H and O–H groups in total. The van der Waals surface area contributed by atoms with E-state index >= 15 is 0 Å². The lowest BCUT2D eigenvalue weighted by molar-refractivity contribution is 0.0166. The van der Waals surface area contributed by atoms with E-state index in [-0.39, 0.29) is 11.3 Å². The van der Waals surface area contributed by atoms with E-state index in [4.69, 9.17) is 4.52 Å². The lowest BCUT2D eigenvalue weighted by Gasteiger charge is -2.31. The van der Waals surface area contributed by atoms with Crippen LogP contribution in [-0.4, -0.2) is 45.3 Å². The Labute approximate surface area is 210 Å². The van der Waals surface area contributed by atoms with E-state index in [0.29, 0.717) is 30.4 Å². The van der Waals surface area contributed by atoms with Gasteiger partial charge in [0.05, 0.1) is 11.1 Å². The van der Waals surface area contributed by atoms with Gasteiger partial charge in [0.25, 0.3) is 5.92 Å². The van der Waals surface area contributed by atoms with Crippen molar-refractivity contribution in [3.63, 3.8) is 0 Å². The minimum absolute atomic E-state index is 0.130. The Morgan fingerprint density at radius 1 is 1.19 bits per heavy atom. The van der Waals surface area contributed by atoms with Gasteiger partial charge in [-0.05, 0) is 55.7 Å². The standard InChI is InChI=1S/C28H34F2N4O2/c1-28(29,30)24-18-36-32-27(24)21-11-14-34(15-12-21)13-10-19-6-8-20(9-7-19)16-26(35)22-4-3-5-25-23(22)17-33(2)31-25/h3-5,11,17-20H,6-10,12-16H2,1-2H3. The van der Waals surface area contributed by atoms with Crippen molar-refractivity contribution in [3.8, 4) is 0 Å². The number of ketones is 1. The normalized spacial score (nSPS) is 21.6. The first-order valence-electron chi connectivity index (χ1n) is 13.0. The van der Waals surface area contributed by atoms with Gasteiger partial charge in [-0.2, -0.15) is 5.10 Å². The largest absolute Gasteiger partial charge is 0.364 e. The van der Waals surface area contributed by atoms with Gasteiger partial charge in [0.2, 0.25) is 0 Å². The number of hydrogen-bond acceptors (Lipinski definition) is 5. The molecule has 192 valence electrons. The Bertz CT molecular complexity index is 1250. The molecular formula is C28H34F2N4O2. The van der Waals surface area contributed by atoms with Crippen molar-refractivity contribution in [1.29, 1.82) is 0 Å². The maximum absolute atomic E-state index is 13.8. The number of nitrogens with zero attached hydrogens (tertiary/aromatic N) is 4. The molecule has 0 atom stereocenters. The van der Waals surface area contributed by atoms with E-state index in [1.54, 1.807) is 4.68 Å². The van der Waals surface area contributed by atoms with E-state index in [0.717, 1.165) is 87.0 Å². The van der Waals surface area contributed by atoms with Crippen molar-refractivity contribution in [1.82, 2.24) is 19.8 Å². The van der Waals surface area contributed by atoms with Gasteiger partial charge in [-0.15, -0.1) is 0 Å². The molecule has 0 unspecified atom stereocenters. The molecule has 0 amide bonds. The average Bonchev–Trinajstić information content (AvgIpc) is 3.50. The highest BCUT2D eigenvalue weighted by Gasteiger charge is 2.32. The van der Waals surface area contributed by atoms with Crippen molar-refractivity contribution in [2.75, 3.05) is 19.6 Å². The molecule has 0 spiro atoms. The summed E-state index contributed by atoms with van der Waals surface area (Å²) in [4.78, 5) is 15.4. The number of benzene rings is 1. The molecule has 6 nitrogen and oxygen atoms in total. The number of rotatable bonds is 8. The molecular weight excluding hydrogens is 462 g/mol. The van der Waals surface area contributed by atoms with Crippen LogP contribution < -0.4 is 0 Å². The fourth-order valence-electron chi connectivity index (χ4n) is 5.78. The summed E-state index contributed by atoms with van der Waals surface area (Å²) in [5.41, 5.74) is 2.69. The first kappa shape index (κ1) is 24.8. The van der Waals surface area contributed by atoms with Gasteiger partial charge in [-0.25, -0.2) is 8.78 Å². The summed E-state index contributed by atoms with van der Waals surface area (Å²) in [6, 6.07) is 5.79. The highest BCUT2D eigenvalue weighted by Crippen LogP contribution is 2.36. The highest BCUT2D eigenvalue weighted by atomic mass is 19.3. The van der Waals surface area contributed by atoms with Crippen LogP contribution in [0.15, 0.2) is 41.3 Å². The lowest BCUT2D eigenvalue weighted by Crippen LogP contribution is -2.31. The number of Topliss-reactive ketones (excluding diaryl/α,β-unsaturated/α-hetero) is 1. The van der Waals surface area contributed by atoms with E-state index < -0.39 is 5.92 Å². The first-order chi connectivity index (χ1) is 17.3. The van der Waals surface area contributed by atoms with Crippen LogP contribution in [0.1, 0.15) is 73.5 Å². The minimum atomic E-state index is -2.96. The van der Waals surface area contributed by atoms with Crippen LogP contribution in [0, 0.1) is 11.8 Å². The first-order valence-corrected chi connectivity index (χ1v) is 13.0. The predicted octanol–water partition coefficient (Wildman–Crippen LogP) is 6.23. The minimum Gasteiger partial charge on any atom is -0.364 e. The molecule has 5 rings (SSSR count). The summed E-state index contributed by atoms with van der Waals surface area (Å²) in [5.74, 6) is -1.59. The third-order valence-electron chi connectivity index (χ3n) is 7.90. The molecule has 1 saturated carbocycles. The predicted molar refractivity (Wildman–Crippen MR) is 135 cm³/mol. The molecule has 3 heterocycles. The molecule has 0 bridgehead atoms. The van der Waals surface area contributed by atoms with E-state index in [1.165, 1.54) is 0 Å². The fourth-order valence-corrected chi connectivity index (χ4v) is 5.78. The van der Waals surface area contributed by atoms with Crippen LogP contribution in [0.5, 0.6) is 0 Å². The lowest BCUT2D eigenvalue weighted by atomic mass is 9.78. The quantitative estimate of drug-likeness (QED) is 0.346. The third-order valence-corrected chi connectivity index (χ3v) is 7.90. The number of aryl methyl sites for hydroxylation is 1. The van der Waals surface area contributed by atoms with Crippen LogP contribution >= 0.6 is 0 Å². The second kappa shape index (κ2) is 10.2. The van der Waals surface area contributed by atoms with Crippen molar-refractivity contribution >= 4 is 22.3 Å². The molecule has 0 saturated heterocycles. The second-order valence-corrected chi connectivity index (χ2v) is 10.6. The highest BCUT2D eigenvalue weighted by molar-refractivity contribution is 6.07. The molecule has 1 aliphatic heterocycles. The number of aromatic nitrogens is 3. The number of carbonyl (C=O) groups excluding carboxylic acids is 1. The Morgan fingerprint density at radius 3 is 2.69 bits per heavy atom. The van der Waals surface area contributed by atoms with Crippen molar-refractivity contribution in [2.24, 2.45) is 18.9 Å². The molecule has 3 aromatic rings. The van der Waals surface area contributed by atoms with Crippen LogP contribution in [0.3, 0.4) is 0 Å². The summed E-state index contributed by atoms with van der Waals surface area (Å²) in [6.07, 6.45) is 12.0. The second-order valence-electron chi connectivity index (χ2n) is 10.6. The zero-order valence-corrected chi connectivity index (χ0v) is 21.1. The number of alkyl halides is 2. The van der Waals surface area contributed by atoms with Crippen molar-refractivity contribution in [2.45, 2.75) is 57.8 Å². The Balaban J connectivity index is 1.07. The molecule has 2 aromatic heterocycles. The molecule has 1 aliphatic carbocycles. The number of halogens is 2. The van der Waals surface area contributed by atoms with Gasteiger partial charge in [-0.3, -0.25) is 14.4 Å². The zero-order valence-electron chi connectivity index (χ0n) is 21.1. The summed E-state index contributed by atoms with van der Waals surface area (Å²) in [5, 5.41) is 9.21. The van der Waals surface area contributed by atoms with Gasteiger partial charge in [-0.1, -0.05) is 36.2 Å². The molecule has 36 heavy (non-hydrogen) atoms. The smallest absolute Gasteiger partial charge is 0.275 e. The van der Waals surface area contributed by atoms with Gasteiger partial charge in [0.1, 0.15) is 12.0 Å².